The standard InChI is InChI=1S/C18H9ClF6O4/c19-12-6-8-5-11(16(26)27)15(18(23,24)25)29-13(8)7-14(12)28-10-3-1-9(2-4-10)17(20,21)22/h1-7,15H,(H,26,27)/t15-/m0/s1. The molecule has 1 atom stereocenters. The highest BCUT2D eigenvalue weighted by Gasteiger charge is 2.48. The zero-order valence-electron chi connectivity index (χ0n) is 13.9. The Balaban J connectivity index is 1.94. The van der Waals surface area contributed by atoms with E-state index in [4.69, 9.17) is 26.2 Å². The van der Waals surface area contributed by atoms with E-state index in [0.717, 1.165) is 42.5 Å². The first kappa shape index (κ1) is 20.8. The van der Waals surface area contributed by atoms with Crippen molar-refractivity contribution in [1.29, 1.82) is 0 Å². The summed E-state index contributed by atoms with van der Waals surface area (Å²) in [5.74, 6) is -2.38. The monoisotopic (exact) mass is 438 g/mol. The fourth-order valence-electron chi connectivity index (χ4n) is 2.53. The Morgan fingerprint density at radius 2 is 1.69 bits per heavy atom. The van der Waals surface area contributed by atoms with E-state index >= 15 is 0 Å². The number of hydrogen-bond donors (Lipinski definition) is 1. The number of fused-ring (bicyclic) bond motifs is 1. The maximum absolute atomic E-state index is 13.1. The molecule has 1 heterocycles. The van der Waals surface area contributed by atoms with Crippen LogP contribution in [0.4, 0.5) is 26.3 Å². The van der Waals surface area contributed by atoms with E-state index in [2.05, 4.69) is 0 Å². The first-order valence-electron chi connectivity index (χ1n) is 7.73. The molecular weight excluding hydrogens is 430 g/mol. The molecular formula is C18H9ClF6O4. The minimum Gasteiger partial charge on any atom is -0.478 e. The van der Waals surface area contributed by atoms with Crippen LogP contribution < -0.4 is 9.47 Å². The molecule has 3 rings (SSSR count). The summed E-state index contributed by atoms with van der Waals surface area (Å²) in [5.41, 5.74) is -1.95. The van der Waals surface area contributed by atoms with Crippen LogP contribution in [-0.4, -0.2) is 23.4 Å². The van der Waals surface area contributed by atoms with E-state index in [9.17, 15) is 31.1 Å². The molecule has 29 heavy (non-hydrogen) atoms. The summed E-state index contributed by atoms with van der Waals surface area (Å²) in [6, 6.07) is 5.69. The summed E-state index contributed by atoms with van der Waals surface area (Å²) in [4.78, 5) is 11.1. The van der Waals surface area contributed by atoms with Gasteiger partial charge in [-0.15, -0.1) is 0 Å². The van der Waals surface area contributed by atoms with E-state index in [1.165, 1.54) is 0 Å². The molecule has 2 aromatic rings. The van der Waals surface area contributed by atoms with Gasteiger partial charge in [-0.25, -0.2) is 4.79 Å². The van der Waals surface area contributed by atoms with Gasteiger partial charge in [0.25, 0.3) is 0 Å². The van der Waals surface area contributed by atoms with Gasteiger partial charge in [-0.1, -0.05) is 11.6 Å². The molecule has 0 amide bonds. The van der Waals surface area contributed by atoms with Gasteiger partial charge in [0.05, 0.1) is 16.2 Å². The molecule has 0 aromatic heterocycles. The molecule has 4 nitrogen and oxygen atoms in total. The van der Waals surface area contributed by atoms with Crippen LogP contribution in [0, 0.1) is 0 Å². The lowest BCUT2D eigenvalue weighted by molar-refractivity contribution is -0.187. The fraction of sp³-hybridized carbons (Fsp3) is 0.167. The van der Waals surface area contributed by atoms with Gasteiger partial charge in [0, 0.05) is 11.6 Å². The van der Waals surface area contributed by atoms with Gasteiger partial charge in [-0.3, -0.25) is 0 Å². The topological polar surface area (TPSA) is 55.8 Å². The third kappa shape index (κ3) is 4.42. The number of carboxylic acids is 1. The van der Waals surface area contributed by atoms with Crippen molar-refractivity contribution >= 4 is 23.6 Å². The highest BCUT2D eigenvalue weighted by atomic mass is 35.5. The molecule has 2 aromatic carbocycles. The molecule has 0 saturated heterocycles. The first-order valence-corrected chi connectivity index (χ1v) is 8.11. The summed E-state index contributed by atoms with van der Waals surface area (Å²) < 4.78 is 87.3. The molecule has 1 aliphatic heterocycles. The predicted octanol–water partition coefficient (Wildman–Crippen LogP) is 5.94. The third-order valence-corrected chi connectivity index (χ3v) is 4.15. The van der Waals surface area contributed by atoms with Crippen LogP contribution in [0.5, 0.6) is 17.2 Å². The Labute approximate surface area is 163 Å². The highest BCUT2D eigenvalue weighted by molar-refractivity contribution is 6.32. The van der Waals surface area contributed by atoms with Crippen molar-refractivity contribution in [2.24, 2.45) is 0 Å². The molecule has 11 heteroatoms. The second kappa shape index (κ2) is 7.18. The van der Waals surface area contributed by atoms with Crippen LogP contribution >= 0.6 is 11.6 Å². The average Bonchev–Trinajstić information content (AvgIpc) is 2.60. The Kier molecular flexibility index (Phi) is 5.16. The number of halogens is 7. The maximum atomic E-state index is 13.1. The largest absolute Gasteiger partial charge is 0.478 e. The second-order valence-corrected chi connectivity index (χ2v) is 6.30. The summed E-state index contributed by atoms with van der Waals surface area (Å²) >= 11 is 6.01. The summed E-state index contributed by atoms with van der Waals surface area (Å²) in [5, 5.41) is 8.90. The van der Waals surface area contributed by atoms with Crippen LogP contribution in [0.2, 0.25) is 5.02 Å². The molecule has 154 valence electrons. The molecule has 1 aliphatic rings. The highest BCUT2D eigenvalue weighted by Crippen LogP contribution is 2.42. The summed E-state index contributed by atoms with van der Waals surface area (Å²) in [6.45, 7) is 0. The Hall–Kier alpha value is -2.88. The van der Waals surface area contributed by atoms with E-state index in [1.54, 1.807) is 0 Å². The second-order valence-electron chi connectivity index (χ2n) is 5.89. The van der Waals surface area contributed by atoms with Crippen LogP contribution in [-0.2, 0) is 11.0 Å². The van der Waals surface area contributed by atoms with Gasteiger partial charge in [0.1, 0.15) is 17.2 Å². The van der Waals surface area contributed by atoms with Crippen molar-refractivity contribution in [2.45, 2.75) is 18.5 Å². The first-order chi connectivity index (χ1) is 13.4. The average molecular weight is 439 g/mol. The SMILES string of the molecule is O=C(O)C1=Cc2cc(Cl)c(Oc3ccc(C(F)(F)F)cc3)cc2O[C@@H]1C(F)(F)F. The quantitative estimate of drug-likeness (QED) is 0.602. The predicted molar refractivity (Wildman–Crippen MR) is 89.1 cm³/mol. The van der Waals surface area contributed by atoms with Crippen molar-refractivity contribution in [3.8, 4) is 17.2 Å². The van der Waals surface area contributed by atoms with E-state index in [0.29, 0.717) is 0 Å². The van der Waals surface area contributed by atoms with Crippen LogP contribution in [0.15, 0.2) is 42.0 Å². The van der Waals surface area contributed by atoms with Crippen LogP contribution in [0.1, 0.15) is 11.1 Å². The lowest BCUT2D eigenvalue weighted by atomic mass is 10.0. The zero-order chi connectivity index (χ0) is 21.6. The molecule has 0 fully saturated rings. The molecule has 0 spiro atoms. The Bertz CT molecular complexity index is 980. The molecule has 0 aliphatic carbocycles. The molecule has 0 radical (unpaired) electrons. The maximum Gasteiger partial charge on any atom is 0.430 e. The molecule has 0 bridgehead atoms. The molecule has 1 N–H and O–H groups in total. The van der Waals surface area contributed by atoms with Gasteiger partial charge in [-0.05, 0) is 36.4 Å². The normalized spacial score (nSPS) is 16.5. The lowest BCUT2D eigenvalue weighted by Gasteiger charge is -2.27. The van der Waals surface area contributed by atoms with Crippen molar-refractivity contribution in [1.82, 2.24) is 0 Å². The molecule has 0 saturated carbocycles. The lowest BCUT2D eigenvalue weighted by Crippen LogP contribution is -2.40. The van der Waals surface area contributed by atoms with E-state index in [1.807, 2.05) is 0 Å². The van der Waals surface area contributed by atoms with E-state index in [-0.39, 0.29) is 27.8 Å². The van der Waals surface area contributed by atoms with Gasteiger partial charge in [0.15, 0.2) is 0 Å². The van der Waals surface area contributed by atoms with Crippen molar-refractivity contribution in [3.63, 3.8) is 0 Å². The fourth-order valence-corrected chi connectivity index (χ4v) is 2.74. The number of carboxylic acid groups (broad SMARTS) is 1. The number of benzene rings is 2. The van der Waals surface area contributed by atoms with Crippen molar-refractivity contribution in [2.75, 3.05) is 0 Å². The molecule has 0 unspecified atom stereocenters. The van der Waals surface area contributed by atoms with Gasteiger partial charge >= 0.3 is 18.3 Å². The number of aliphatic carboxylic acids is 1. The van der Waals surface area contributed by atoms with Crippen LogP contribution in [0.25, 0.3) is 6.08 Å². The third-order valence-electron chi connectivity index (χ3n) is 3.86. The van der Waals surface area contributed by atoms with Crippen molar-refractivity contribution < 1.29 is 45.7 Å². The summed E-state index contributed by atoms with van der Waals surface area (Å²) in [6.07, 6.45) is -11.5. The Morgan fingerprint density at radius 3 is 2.21 bits per heavy atom. The number of ether oxygens (including phenoxy) is 2. The minimum atomic E-state index is -4.99. The van der Waals surface area contributed by atoms with E-state index < -0.39 is 35.6 Å². The van der Waals surface area contributed by atoms with Gasteiger partial charge in [-0.2, -0.15) is 26.3 Å². The number of carbonyl (C=O) groups is 1. The van der Waals surface area contributed by atoms with Gasteiger partial charge in [0.2, 0.25) is 6.10 Å². The number of alkyl halides is 6. The summed E-state index contributed by atoms with van der Waals surface area (Å²) in [7, 11) is 0. The number of rotatable bonds is 3. The smallest absolute Gasteiger partial charge is 0.430 e. The van der Waals surface area contributed by atoms with Gasteiger partial charge < -0.3 is 14.6 Å². The minimum absolute atomic E-state index is 0.0207. The Morgan fingerprint density at radius 1 is 1.07 bits per heavy atom. The number of hydrogen-bond acceptors (Lipinski definition) is 3. The zero-order valence-corrected chi connectivity index (χ0v) is 14.7. The van der Waals surface area contributed by atoms with Crippen LogP contribution in [0.3, 0.4) is 0 Å². The van der Waals surface area contributed by atoms with Crippen molar-refractivity contribution in [3.05, 3.63) is 58.1 Å².